The Morgan fingerprint density at radius 3 is 2.65 bits per heavy atom. The van der Waals surface area contributed by atoms with E-state index in [0.29, 0.717) is 12.0 Å². The highest BCUT2D eigenvalue weighted by Gasteiger charge is 2.42. The van der Waals surface area contributed by atoms with E-state index in [1.165, 1.54) is 47.2 Å². The minimum absolute atomic E-state index is 0.0147. The normalized spacial score (nSPS) is 15.3. The number of anilines is 2. The van der Waals surface area contributed by atoms with Crippen molar-refractivity contribution in [1.82, 2.24) is 4.90 Å². The Kier molecular flexibility index (Phi) is 9.66. The minimum atomic E-state index is -1.71. The highest BCUT2D eigenvalue weighted by Crippen LogP contribution is 2.24. The molecule has 13 nitrogen and oxygen atoms in total. The summed E-state index contributed by atoms with van der Waals surface area (Å²) >= 11 is 0. The Bertz CT molecular complexity index is 1380. The number of morpholine rings is 1. The zero-order valence-corrected chi connectivity index (χ0v) is 21.9. The van der Waals surface area contributed by atoms with Crippen LogP contribution < -0.4 is 10.2 Å². The van der Waals surface area contributed by atoms with Crippen LogP contribution in [-0.4, -0.2) is 86.9 Å². The third-order valence-corrected chi connectivity index (χ3v) is 5.86. The van der Waals surface area contributed by atoms with Crippen molar-refractivity contribution in [3.63, 3.8) is 0 Å². The first-order valence-electron chi connectivity index (χ1n) is 11.9. The van der Waals surface area contributed by atoms with Gasteiger partial charge in [-0.05, 0) is 36.4 Å². The molecule has 3 amide bonds. The van der Waals surface area contributed by atoms with Crippen LogP contribution in [0.2, 0.25) is 0 Å². The lowest BCUT2D eigenvalue weighted by molar-refractivity contribution is -0.167. The van der Waals surface area contributed by atoms with Gasteiger partial charge in [-0.25, -0.2) is 4.79 Å². The molecule has 3 rings (SSSR count). The Morgan fingerprint density at radius 1 is 1.25 bits per heavy atom. The number of rotatable bonds is 9. The first kappa shape index (κ1) is 29.5. The fraction of sp³-hybridized carbons (Fsp3) is 0.296. The number of benzene rings is 2. The van der Waals surface area contributed by atoms with Crippen molar-refractivity contribution >= 4 is 47.3 Å². The molecule has 0 spiro atoms. The third-order valence-electron chi connectivity index (χ3n) is 5.86. The molecule has 2 atom stereocenters. The van der Waals surface area contributed by atoms with Crippen molar-refractivity contribution in [2.75, 3.05) is 44.1 Å². The molecular formula is C27H26N4O9. The van der Waals surface area contributed by atoms with Gasteiger partial charge in [0.25, 0.3) is 17.7 Å². The fourth-order valence-corrected chi connectivity index (χ4v) is 3.94. The van der Waals surface area contributed by atoms with Crippen LogP contribution >= 0.6 is 0 Å². The van der Waals surface area contributed by atoms with Gasteiger partial charge >= 0.3 is 11.9 Å². The van der Waals surface area contributed by atoms with E-state index in [2.05, 4.69) is 10.1 Å². The van der Waals surface area contributed by atoms with Crippen LogP contribution in [0.3, 0.4) is 0 Å². The van der Waals surface area contributed by atoms with Crippen molar-refractivity contribution in [3.8, 4) is 6.07 Å². The maximum absolute atomic E-state index is 13.5. The van der Waals surface area contributed by atoms with Gasteiger partial charge in [-0.15, -0.1) is 0 Å². The Labute approximate surface area is 229 Å². The molecule has 1 aliphatic heterocycles. The van der Waals surface area contributed by atoms with Gasteiger partial charge in [-0.1, -0.05) is 6.07 Å². The van der Waals surface area contributed by atoms with E-state index in [0.717, 1.165) is 14.0 Å². The maximum atomic E-state index is 13.5. The summed E-state index contributed by atoms with van der Waals surface area (Å²) in [6.45, 7) is 1.02. The smallest absolute Gasteiger partial charge is 0.339 e. The predicted octanol–water partition coefficient (Wildman–Crippen LogP) is 0.918. The quantitative estimate of drug-likeness (QED) is 0.349. The average Bonchev–Trinajstić information content (AvgIpc) is 2.95. The lowest BCUT2D eigenvalue weighted by Crippen LogP contribution is -2.56. The number of methoxy groups -OCH3 is 1. The molecule has 0 radical (unpaired) electrons. The molecule has 0 aliphatic carbocycles. The van der Waals surface area contributed by atoms with Gasteiger partial charge in [-0.3, -0.25) is 19.2 Å². The summed E-state index contributed by atoms with van der Waals surface area (Å²) in [4.78, 5) is 76.5. The molecule has 1 heterocycles. The van der Waals surface area contributed by atoms with Crippen molar-refractivity contribution in [2.45, 2.75) is 19.1 Å². The number of ether oxygens (including phenoxy) is 3. The topological polar surface area (TPSA) is 172 Å². The zero-order chi connectivity index (χ0) is 29.4. The summed E-state index contributed by atoms with van der Waals surface area (Å²) in [5.41, 5.74) is 0.555. The van der Waals surface area contributed by atoms with Crippen LogP contribution in [0.15, 0.2) is 42.5 Å². The second kappa shape index (κ2) is 13.1. The van der Waals surface area contributed by atoms with E-state index < -0.39 is 41.9 Å². The van der Waals surface area contributed by atoms with Gasteiger partial charge in [0.1, 0.15) is 12.4 Å². The molecule has 40 heavy (non-hydrogen) atoms. The molecule has 208 valence electrons. The van der Waals surface area contributed by atoms with Crippen molar-refractivity contribution in [1.29, 1.82) is 5.26 Å². The molecule has 1 aliphatic rings. The van der Waals surface area contributed by atoms with Crippen LogP contribution in [0, 0.1) is 11.3 Å². The molecule has 1 fully saturated rings. The number of esters is 2. The van der Waals surface area contributed by atoms with Crippen LogP contribution in [0.5, 0.6) is 0 Å². The number of likely N-dealkylation sites (N-methyl/N-ethyl adjacent to an activating group) is 1. The summed E-state index contributed by atoms with van der Waals surface area (Å²) in [5.74, 6) is -3.71. The number of nitriles is 1. The van der Waals surface area contributed by atoms with Crippen molar-refractivity contribution in [3.05, 3.63) is 59.2 Å². The lowest BCUT2D eigenvalue weighted by atomic mass is 10.1. The fourth-order valence-electron chi connectivity index (χ4n) is 3.94. The SMILES string of the molecule is COC(=O)c1cc(NC(=O)[C@H](OC(C)=O)[C@H]2OCCN(c3cccc(C(=O)N(C)CC=O)c3)C2=O)ccc1C#N. The number of aldehydes is 1. The van der Waals surface area contributed by atoms with Gasteiger partial charge in [0.15, 0.2) is 6.10 Å². The summed E-state index contributed by atoms with van der Waals surface area (Å²) < 4.78 is 15.4. The second-order valence-corrected chi connectivity index (χ2v) is 8.57. The van der Waals surface area contributed by atoms with Crippen molar-refractivity contribution in [2.24, 2.45) is 0 Å². The molecule has 0 saturated carbocycles. The molecule has 0 bridgehead atoms. The van der Waals surface area contributed by atoms with Crippen molar-refractivity contribution < 1.29 is 43.0 Å². The van der Waals surface area contributed by atoms with Gasteiger partial charge < -0.3 is 34.1 Å². The zero-order valence-electron chi connectivity index (χ0n) is 21.9. The number of nitrogens with zero attached hydrogens (tertiary/aromatic N) is 3. The summed E-state index contributed by atoms with van der Waals surface area (Å²) in [6.07, 6.45) is -2.66. The molecule has 0 aromatic heterocycles. The van der Waals surface area contributed by atoms with Crippen LogP contribution in [-0.2, 0) is 33.4 Å². The highest BCUT2D eigenvalue weighted by atomic mass is 16.6. The van der Waals surface area contributed by atoms with Gasteiger partial charge in [0.05, 0.1) is 31.4 Å². The molecule has 2 aromatic rings. The van der Waals surface area contributed by atoms with E-state index in [1.807, 2.05) is 6.07 Å². The monoisotopic (exact) mass is 550 g/mol. The predicted molar refractivity (Wildman–Crippen MR) is 138 cm³/mol. The molecule has 0 unspecified atom stereocenters. The van der Waals surface area contributed by atoms with Crippen LogP contribution in [0.25, 0.3) is 0 Å². The number of hydrogen-bond donors (Lipinski definition) is 1. The van der Waals surface area contributed by atoms with Gasteiger partial charge in [0.2, 0.25) is 6.10 Å². The Balaban J connectivity index is 1.87. The lowest BCUT2D eigenvalue weighted by Gasteiger charge is -2.35. The van der Waals surface area contributed by atoms with E-state index >= 15 is 0 Å². The molecule has 1 N–H and O–H groups in total. The first-order chi connectivity index (χ1) is 19.1. The molecule has 13 heteroatoms. The second-order valence-electron chi connectivity index (χ2n) is 8.57. The van der Waals surface area contributed by atoms with Crippen LogP contribution in [0.1, 0.15) is 33.2 Å². The molecular weight excluding hydrogens is 524 g/mol. The Morgan fingerprint density at radius 2 is 2.00 bits per heavy atom. The summed E-state index contributed by atoms with van der Waals surface area (Å²) in [6, 6.07) is 11.9. The highest BCUT2D eigenvalue weighted by molar-refractivity contribution is 6.05. The number of carbonyl (C=O) groups excluding carboxylic acids is 6. The van der Waals surface area contributed by atoms with E-state index in [1.54, 1.807) is 12.1 Å². The maximum Gasteiger partial charge on any atom is 0.339 e. The number of amides is 3. The number of carbonyl (C=O) groups is 6. The Hall–Kier alpha value is -5.09. The van der Waals surface area contributed by atoms with E-state index in [4.69, 9.17) is 9.47 Å². The van der Waals surface area contributed by atoms with E-state index in [9.17, 15) is 34.0 Å². The summed E-state index contributed by atoms with van der Waals surface area (Å²) in [5, 5.41) is 11.7. The largest absolute Gasteiger partial charge is 0.465 e. The number of nitrogens with one attached hydrogen (secondary N) is 1. The minimum Gasteiger partial charge on any atom is -0.465 e. The standard InChI is InChI=1S/C27H26N4O9/c1-16(33)40-22(24(34)29-19-8-7-18(15-28)21(14-19)27(37)38-3)23-26(36)31(10-12-39-23)20-6-4-5-17(13-20)25(35)30(2)9-11-32/h4-8,11,13-14,22-23H,9-10,12H2,1-3H3,(H,29,34)/t22-,23-/m1/s1. The van der Waals surface area contributed by atoms with E-state index in [-0.39, 0.29) is 42.1 Å². The number of hydrogen-bond acceptors (Lipinski definition) is 10. The van der Waals surface area contributed by atoms with Crippen LogP contribution in [0.4, 0.5) is 11.4 Å². The van der Waals surface area contributed by atoms with Gasteiger partial charge in [-0.2, -0.15) is 5.26 Å². The molecule has 2 aromatic carbocycles. The summed E-state index contributed by atoms with van der Waals surface area (Å²) in [7, 11) is 2.60. The molecule has 1 saturated heterocycles. The average molecular weight is 551 g/mol. The first-order valence-corrected chi connectivity index (χ1v) is 11.9. The van der Waals surface area contributed by atoms with Gasteiger partial charge in [0, 0.05) is 37.5 Å². The third kappa shape index (κ3) is 6.66.